The predicted octanol–water partition coefficient (Wildman–Crippen LogP) is -0.0316. The van der Waals surface area contributed by atoms with E-state index < -0.39 is 21.0 Å². The Morgan fingerprint density at radius 3 is 2.65 bits per heavy atom. The summed E-state index contributed by atoms with van der Waals surface area (Å²) in [5, 5.41) is 13.4. The zero-order valence-electron chi connectivity index (χ0n) is 8.66. The second-order valence-corrected chi connectivity index (χ2v) is 5.19. The monoisotopic (exact) mass is 258 g/mol. The Morgan fingerprint density at radius 1 is 1.53 bits per heavy atom. The zero-order chi connectivity index (χ0) is 12.6. The molecular weight excluding hydrogens is 248 g/mol. The van der Waals surface area contributed by atoms with E-state index >= 15 is 0 Å². The molecule has 2 rings (SSSR count). The fourth-order valence-electron chi connectivity index (χ4n) is 1.20. The van der Waals surface area contributed by atoms with Gasteiger partial charge in [-0.25, -0.2) is 23.3 Å². The average Bonchev–Trinajstić information content (AvgIpc) is 2.99. The lowest BCUT2D eigenvalue weighted by atomic mass is 10.2. The van der Waals surface area contributed by atoms with Crippen LogP contribution in [0.3, 0.4) is 0 Å². The van der Waals surface area contributed by atoms with Crippen LogP contribution in [0, 0.1) is 0 Å². The van der Waals surface area contributed by atoms with Crippen molar-refractivity contribution in [3.8, 4) is 5.75 Å². The smallest absolute Gasteiger partial charge is 0.341 e. The van der Waals surface area contributed by atoms with Crippen LogP contribution in [0.25, 0.3) is 0 Å². The number of rotatable bonds is 4. The second kappa shape index (κ2) is 3.97. The number of carbonyl (C=O) groups is 1. The maximum atomic E-state index is 11.1. The highest BCUT2D eigenvalue weighted by Gasteiger charge is 2.27. The Kier molecular flexibility index (Phi) is 2.76. The van der Waals surface area contributed by atoms with Crippen molar-refractivity contribution < 1.29 is 23.1 Å². The molecule has 1 saturated carbocycles. The van der Waals surface area contributed by atoms with E-state index in [1.165, 1.54) is 0 Å². The zero-order valence-corrected chi connectivity index (χ0v) is 9.48. The third kappa shape index (κ3) is 2.71. The van der Waals surface area contributed by atoms with Crippen LogP contribution >= 0.6 is 0 Å². The number of carboxylic acid groups (broad SMARTS) is 1. The van der Waals surface area contributed by atoms with Gasteiger partial charge in [-0.05, 0) is 12.8 Å². The van der Waals surface area contributed by atoms with E-state index in [4.69, 9.17) is 15.0 Å². The number of hydrogen-bond donors (Lipinski definition) is 2. The van der Waals surface area contributed by atoms with Gasteiger partial charge in [-0.1, -0.05) is 0 Å². The molecule has 0 atom stereocenters. The summed E-state index contributed by atoms with van der Waals surface area (Å²) in [6.45, 7) is 0. The van der Waals surface area contributed by atoms with Crippen molar-refractivity contribution in [2.75, 3.05) is 0 Å². The number of primary sulfonamides is 1. The molecule has 17 heavy (non-hydrogen) atoms. The summed E-state index contributed by atoms with van der Waals surface area (Å²) in [5.74, 6) is -1.24. The number of sulfonamides is 1. The van der Waals surface area contributed by atoms with Crippen molar-refractivity contribution in [2.45, 2.75) is 24.0 Å². The van der Waals surface area contributed by atoms with Gasteiger partial charge < -0.3 is 9.84 Å². The van der Waals surface area contributed by atoms with Crippen LogP contribution in [0.4, 0.5) is 0 Å². The van der Waals surface area contributed by atoms with Crippen molar-refractivity contribution in [3.63, 3.8) is 0 Å². The summed E-state index contributed by atoms with van der Waals surface area (Å²) in [5.41, 5.74) is -0.177. The molecule has 3 N–H and O–H groups in total. The van der Waals surface area contributed by atoms with Crippen LogP contribution in [-0.2, 0) is 10.0 Å². The highest BCUT2D eigenvalue weighted by Crippen LogP contribution is 2.29. The number of aromatic carboxylic acids is 1. The van der Waals surface area contributed by atoms with Crippen molar-refractivity contribution in [2.24, 2.45) is 5.14 Å². The number of aromatic nitrogens is 1. The van der Waals surface area contributed by atoms with Gasteiger partial charge in [0.25, 0.3) is 10.0 Å². The number of nitrogens with zero attached hydrogens (tertiary/aromatic N) is 1. The fourth-order valence-corrected chi connectivity index (χ4v) is 1.67. The van der Waals surface area contributed by atoms with Gasteiger partial charge in [-0.3, -0.25) is 0 Å². The van der Waals surface area contributed by atoms with E-state index in [0.29, 0.717) is 0 Å². The molecule has 0 spiro atoms. The Balaban J connectivity index is 2.45. The number of hydrogen-bond acceptors (Lipinski definition) is 5. The first kappa shape index (κ1) is 11.8. The van der Waals surface area contributed by atoms with Crippen molar-refractivity contribution >= 4 is 16.0 Å². The molecule has 8 heteroatoms. The Morgan fingerprint density at radius 2 is 2.18 bits per heavy atom. The maximum absolute atomic E-state index is 11.1. The largest absolute Gasteiger partial charge is 0.489 e. The lowest BCUT2D eigenvalue weighted by Gasteiger charge is -2.08. The van der Waals surface area contributed by atoms with Gasteiger partial charge in [0.2, 0.25) is 0 Å². The quantitative estimate of drug-likeness (QED) is 0.782. The van der Waals surface area contributed by atoms with Gasteiger partial charge in [0.05, 0.1) is 6.10 Å². The van der Waals surface area contributed by atoms with E-state index in [1.54, 1.807) is 0 Å². The molecular formula is C9H10N2O5S. The van der Waals surface area contributed by atoms with Crippen molar-refractivity contribution in [1.82, 2.24) is 4.98 Å². The molecule has 0 unspecified atom stereocenters. The summed E-state index contributed by atoms with van der Waals surface area (Å²) >= 11 is 0. The first-order valence-electron chi connectivity index (χ1n) is 4.81. The fraction of sp³-hybridized carbons (Fsp3) is 0.333. The van der Waals surface area contributed by atoms with Crippen LogP contribution in [0.1, 0.15) is 23.2 Å². The molecule has 1 aromatic heterocycles. The third-order valence-corrected chi connectivity index (χ3v) is 2.99. The molecule has 1 aliphatic rings. The molecule has 7 nitrogen and oxygen atoms in total. The predicted molar refractivity (Wildman–Crippen MR) is 56.2 cm³/mol. The average molecular weight is 258 g/mol. The van der Waals surface area contributed by atoms with Crippen LogP contribution in [-0.4, -0.2) is 30.6 Å². The van der Waals surface area contributed by atoms with E-state index in [1.807, 2.05) is 0 Å². The normalized spacial score (nSPS) is 15.6. The number of ether oxygens (including phenoxy) is 1. The van der Waals surface area contributed by atoms with E-state index in [9.17, 15) is 13.2 Å². The van der Waals surface area contributed by atoms with Crippen LogP contribution in [0.2, 0.25) is 0 Å². The molecule has 1 aromatic rings. The molecule has 0 radical (unpaired) electrons. The van der Waals surface area contributed by atoms with Gasteiger partial charge in [-0.15, -0.1) is 0 Å². The molecule has 0 saturated heterocycles. The lowest BCUT2D eigenvalue weighted by Crippen LogP contribution is -2.15. The van der Waals surface area contributed by atoms with E-state index in [0.717, 1.165) is 25.1 Å². The summed E-state index contributed by atoms with van der Waals surface area (Å²) in [4.78, 5) is 14.4. The number of nitrogens with two attached hydrogens (primary N) is 1. The maximum Gasteiger partial charge on any atom is 0.341 e. The summed E-state index contributed by atoms with van der Waals surface area (Å²) in [7, 11) is -3.97. The van der Waals surface area contributed by atoms with Gasteiger partial charge >= 0.3 is 5.97 Å². The van der Waals surface area contributed by atoms with Crippen LogP contribution < -0.4 is 9.88 Å². The highest BCUT2D eigenvalue weighted by atomic mass is 32.2. The summed E-state index contributed by atoms with van der Waals surface area (Å²) in [6, 6.07) is 1.04. The Labute approximate surface area is 97.3 Å². The van der Waals surface area contributed by atoms with Gasteiger partial charge in [0, 0.05) is 12.3 Å². The second-order valence-electron chi connectivity index (χ2n) is 3.69. The minimum atomic E-state index is -3.97. The SMILES string of the molecule is NS(=O)(=O)c1cc(OC2CC2)c(C(=O)O)cn1. The van der Waals surface area contributed by atoms with Crippen LogP contribution in [0.5, 0.6) is 5.75 Å². The molecule has 1 fully saturated rings. The van der Waals surface area contributed by atoms with Crippen molar-refractivity contribution in [3.05, 3.63) is 17.8 Å². The standard InChI is InChI=1S/C9H10N2O5S/c10-17(14,15)8-3-7(16-5-1-2-5)6(4-11-8)9(12)13/h3-5H,1-2H2,(H,12,13)(H2,10,14,15). The molecule has 0 bridgehead atoms. The minimum Gasteiger partial charge on any atom is -0.489 e. The molecule has 1 aliphatic carbocycles. The molecule has 92 valence electrons. The first-order valence-corrected chi connectivity index (χ1v) is 6.35. The minimum absolute atomic E-state index is 0.0148. The summed E-state index contributed by atoms with van der Waals surface area (Å²) in [6.07, 6.45) is 2.53. The molecule has 1 heterocycles. The summed E-state index contributed by atoms with van der Waals surface area (Å²) < 4.78 is 27.5. The first-order chi connectivity index (χ1) is 7.88. The van der Waals surface area contributed by atoms with Crippen LogP contribution in [0.15, 0.2) is 17.3 Å². The molecule has 0 aliphatic heterocycles. The molecule has 0 aromatic carbocycles. The highest BCUT2D eigenvalue weighted by molar-refractivity contribution is 7.89. The number of pyridine rings is 1. The van der Waals surface area contributed by atoms with Gasteiger partial charge in [0.15, 0.2) is 5.03 Å². The van der Waals surface area contributed by atoms with Gasteiger partial charge in [0.1, 0.15) is 11.3 Å². The molecule has 0 amide bonds. The third-order valence-electron chi connectivity index (χ3n) is 2.18. The number of carboxylic acids is 1. The van der Waals surface area contributed by atoms with Gasteiger partial charge in [-0.2, -0.15) is 0 Å². The Bertz CT molecular complexity index is 565. The topological polar surface area (TPSA) is 120 Å². The lowest BCUT2D eigenvalue weighted by molar-refractivity contribution is 0.0691. The Hall–Kier alpha value is -1.67. The van der Waals surface area contributed by atoms with E-state index in [-0.39, 0.29) is 17.4 Å². The van der Waals surface area contributed by atoms with Crippen molar-refractivity contribution in [1.29, 1.82) is 0 Å². The van der Waals surface area contributed by atoms with E-state index in [2.05, 4.69) is 4.98 Å².